The van der Waals surface area contributed by atoms with Gasteiger partial charge in [0.15, 0.2) is 0 Å². The van der Waals surface area contributed by atoms with E-state index in [1.165, 1.54) is 24.8 Å². The summed E-state index contributed by atoms with van der Waals surface area (Å²) in [5, 5.41) is 10.6. The molecule has 0 amide bonds. The first-order valence-corrected chi connectivity index (χ1v) is 6.76. The van der Waals surface area contributed by atoms with E-state index in [1.807, 2.05) is 0 Å². The van der Waals surface area contributed by atoms with E-state index in [2.05, 4.69) is 27.4 Å². The van der Waals surface area contributed by atoms with Crippen LogP contribution in [-0.4, -0.2) is 10.7 Å². The number of rotatable bonds is 1. The largest absolute Gasteiger partial charge is 0.390 e. The minimum absolute atomic E-state index is 0.414. The molecule has 4 saturated carbocycles. The average Bonchev–Trinajstić information content (AvgIpc) is 2.15. The molecule has 4 bridgehead atoms. The van der Waals surface area contributed by atoms with E-state index in [-0.39, 0.29) is 0 Å². The number of hydrogen-bond acceptors (Lipinski definition) is 1. The van der Waals surface area contributed by atoms with Gasteiger partial charge in [-0.3, -0.25) is 0 Å². The lowest BCUT2D eigenvalue weighted by Crippen LogP contribution is -2.71. The predicted octanol–water partition coefficient (Wildman–Crippen LogP) is 3.39. The van der Waals surface area contributed by atoms with Gasteiger partial charge in [0.2, 0.25) is 0 Å². The van der Waals surface area contributed by atoms with Gasteiger partial charge in [-0.15, -0.1) is 0 Å². The third kappa shape index (κ3) is 1.06. The van der Waals surface area contributed by atoms with Crippen LogP contribution in [0.4, 0.5) is 0 Å². The maximum Gasteiger partial charge on any atom is 0.0656 e. The second kappa shape index (κ2) is 2.93. The Balaban J connectivity index is 1.97. The normalized spacial score (nSPS) is 59.0. The molecule has 4 aliphatic rings. The summed E-state index contributed by atoms with van der Waals surface area (Å²) in [7, 11) is 0. The first-order chi connectivity index (χ1) is 7.38. The molecule has 4 fully saturated rings. The van der Waals surface area contributed by atoms with Gasteiger partial charge >= 0.3 is 0 Å². The third-order valence-electron chi connectivity index (χ3n) is 6.13. The second-order valence-corrected chi connectivity index (χ2v) is 7.05. The minimum atomic E-state index is -0.414. The van der Waals surface area contributed by atoms with Gasteiger partial charge in [0.25, 0.3) is 0 Å². The molecule has 0 spiro atoms. The van der Waals surface area contributed by atoms with Crippen LogP contribution in [0.25, 0.3) is 0 Å². The molecule has 0 radical (unpaired) electrons. The summed E-state index contributed by atoms with van der Waals surface area (Å²) in [6.45, 7) is 10.8. The second-order valence-electron chi connectivity index (χ2n) is 7.05. The predicted molar refractivity (Wildman–Crippen MR) is 66.0 cm³/mol. The molecule has 90 valence electrons. The molecule has 0 saturated heterocycles. The first kappa shape index (κ1) is 10.8. The fraction of sp³-hybridized carbons (Fsp3) is 0.867. The van der Waals surface area contributed by atoms with Crippen LogP contribution in [0, 0.1) is 29.1 Å². The van der Waals surface area contributed by atoms with Crippen LogP contribution in [0.1, 0.15) is 46.5 Å². The van der Waals surface area contributed by atoms with Gasteiger partial charge < -0.3 is 5.11 Å². The Morgan fingerprint density at radius 1 is 1.25 bits per heavy atom. The summed E-state index contributed by atoms with van der Waals surface area (Å²) in [6.07, 6.45) is 4.85. The Morgan fingerprint density at radius 2 is 1.94 bits per heavy atom. The molecule has 6 atom stereocenters. The lowest BCUT2D eigenvalue weighted by molar-refractivity contribution is -0.281. The van der Waals surface area contributed by atoms with Crippen LogP contribution in [0.3, 0.4) is 0 Å². The van der Waals surface area contributed by atoms with Gasteiger partial charge in [-0.25, -0.2) is 0 Å². The quantitative estimate of drug-likeness (QED) is 0.672. The number of hydrogen-bond donors (Lipinski definition) is 1. The van der Waals surface area contributed by atoms with Crippen LogP contribution in [-0.2, 0) is 0 Å². The Kier molecular flexibility index (Phi) is 1.98. The third-order valence-corrected chi connectivity index (χ3v) is 6.13. The highest BCUT2D eigenvalue weighted by Crippen LogP contribution is 2.73. The van der Waals surface area contributed by atoms with E-state index in [0.29, 0.717) is 17.3 Å². The van der Waals surface area contributed by atoms with Gasteiger partial charge in [0.05, 0.1) is 5.60 Å². The van der Waals surface area contributed by atoms with Crippen molar-refractivity contribution in [2.24, 2.45) is 29.1 Å². The van der Waals surface area contributed by atoms with Crippen molar-refractivity contribution in [1.82, 2.24) is 0 Å². The fourth-order valence-corrected chi connectivity index (χ4v) is 5.56. The van der Waals surface area contributed by atoms with E-state index in [0.717, 1.165) is 18.3 Å². The molecule has 4 aliphatic carbocycles. The molecule has 1 N–H and O–H groups in total. The molecule has 0 aliphatic heterocycles. The monoisotopic (exact) mass is 220 g/mol. The summed E-state index contributed by atoms with van der Waals surface area (Å²) in [4.78, 5) is 0. The van der Waals surface area contributed by atoms with E-state index < -0.39 is 5.60 Å². The highest BCUT2D eigenvalue weighted by molar-refractivity contribution is 5.22. The minimum Gasteiger partial charge on any atom is -0.390 e. The smallest absolute Gasteiger partial charge is 0.0656 e. The highest BCUT2D eigenvalue weighted by atomic mass is 16.3. The Morgan fingerprint density at radius 3 is 2.50 bits per heavy atom. The molecular weight excluding hydrogens is 196 g/mol. The number of allylic oxidation sites excluding steroid dienone is 1. The molecule has 0 heterocycles. The maximum atomic E-state index is 10.6. The molecule has 1 nitrogen and oxygen atoms in total. The SMILES string of the molecule is C=C(C)[C@@H]1CC[C@@]2(C)[C@@H]3CC[C@](C)(O)[C@H]2[C@@H]31. The molecular formula is C15H24O. The standard InChI is InChI=1S/C15H24O/c1-9(2)10-5-7-14(3)11-6-8-15(4,16)13(14)12(10)11/h10-13,16H,1,5-8H2,2-4H3/t10-,11+,12+,13-,14-,15-/m0/s1. The van der Waals surface area contributed by atoms with Gasteiger partial charge in [0, 0.05) is 0 Å². The number of aliphatic hydroxyl groups is 1. The van der Waals surface area contributed by atoms with Crippen LogP contribution in [0.5, 0.6) is 0 Å². The van der Waals surface area contributed by atoms with Crippen molar-refractivity contribution in [3.05, 3.63) is 12.2 Å². The zero-order chi connectivity index (χ0) is 11.7. The van der Waals surface area contributed by atoms with Crippen molar-refractivity contribution in [2.45, 2.75) is 52.1 Å². The van der Waals surface area contributed by atoms with Crippen LogP contribution >= 0.6 is 0 Å². The Labute approximate surface area is 98.9 Å². The van der Waals surface area contributed by atoms with Gasteiger partial charge in [-0.05, 0) is 68.6 Å². The summed E-state index contributed by atoms with van der Waals surface area (Å²) >= 11 is 0. The van der Waals surface area contributed by atoms with Gasteiger partial charge in [-0.1, -0.05) is 19.1 Å². The Bertz CT molecular complexity index is 343. The van der Waals surface area contributed by atoms with E-state index in [9.17, 15) is 5.11 Å². The topological polar surface area (TPSA) is 20.2 Å². The molecule has 0 unspecified atom stereocenters. The summed E-state index contributed by atoms with van der Waals surface area (Å²) in [6, 6.07) is 0. The fourth-order valence-electron chi connectivity index (χ4n) is 5.56. The van der Waals surface area contributed by atoms with Gasteiger partial charge in [-0.2, -0.15) is 0 Å². The van der Waals surface area contributed by atoms with Crippen molar-refractivity contribution in [3.63, 3.8) is 0 Å². The number of fused-ring (bicyclic) bond motifs is 2. The lowest BCUT2D eigenvalue weighted by atomic mass is 9.32. The van der Waals surface area contributed by atoms with Crippen LogP contribution in [0.2, 0.25) is 0 Å². The molecule has 16 heavy (non-hydrogen) atoms. The van der Waals surface area contributed by atoms with Crippen molar-refractivity contribution >= 4 is 0 Å². The van der Waals surface area contributed by atoms with Crippen molar-refractivity contribution in [3.8, 4) is 0 Å². The van der Waals surface area contributed by atoms with Crippen molar-refractivity contribution < 1.29 is 5.11 Å². The van der Waals surface area contributed by atoms with Crippen molar-refractivity contribution in [2.75, 3.05) is 0 Å². The maximum absolute atomic E-state index is 10.6. The zero-order valence-corrected chi connectivity index (χ0v) is 10.8. The van der Waals surface area contributed by atoms with Crippen molar-refractivity contribution in [1.29, 1.82) is 0 Å². The van der Waals surface area contributed by atoms with Gasteiger partial charge in [0.1, 0.15) is 0 Å². The summed E-state index contributed by atoms with van der Waals surface area (Å²) in [5.74, 6) is 2.82. The highest BCUT2D eigenvalue weighted by Gasteiger charge is 2.70. The summed E-state index contributed by atoms with van der Waals surface area (Å²) < 4.78 is 0. The Hall–Kier alpha value is -0.300. The molecule has 0 aromatic heterocycles. The first-order valence-electron chi connectivity index (χ1n) is 6.76. The lowest BCUT2D eigenvalue weighted by Gasteiger charge is -2.73. The molecule has 4 rings (SSSR count). The van der Waals surface area contributed by atoms with E-state index in [1.54, 1.807) is 0 Å². The summed E-state index contributed by atoms with van der Waals surface area (Å²) in [5.41, 5.74) is 1.38. The molecule has 0 aromatic rings. The van der Waals surface area contributed by atoms with Crippen LogP contribution < -0.4 is 0 Å². The molecule has 1 heteroatoms. The van der Waals surface area contributed by atoms with E-state index in [4.69, 9.17) is 0 Å². The molecule has 0 aromatic carbocycles. The van der Waals surface area contributed by atoms with Crippen LogP contribution in [0.15, 0.2) is 12.2 Å². The zero-order valence-electron chi connectivity index (χ0n) is 10.8. The average molecular weight is 220 g/mol. The van der Waals surface area contributed by atoms with E-state index >= 15 is 0 Å².